The van der Waals surface area contributed by atoms with Gasteiger partial charge in [-0.1, -0.05) is 25.1 Å². The Balaban J connectivity index is 2.24. The fourth-order valence-electron chi connectivity index (χ4n) is 1.26. The number of benzene rings is 1. The minimum Gasteiger partial charge on any atom is -0.492 e. The van der Waals surface area contributed by atoms with Gasteiger partial charge in [-0.15, -0.1) is 0 Å². The van der Waals surface area contributed by atoms with Crippen LogP contribution in [-0.2, 0) is 0 Å². The molecule has 0 aliphatic heterocycles. The number of hydrogen-bond donors (Lipinski definition) is 0. The highest BCUT2D eigenvalue weighted by Gasteiger charge is 2.00. The van der Waals surface area contributed by atoms with E-state index < -0.39 is 0 Å². The van der Waals surface area contributed by atoms with Gasteiger partial charge in [0, 0.05) is 6.54 Å². The summed E-state index contributed by atoms with van der Waals surface area (Å²) in [5.74, 6) is 0.880. The van der Waals surface area contributed by atoms with Crippen molar-refractivity contribution in [3.05, 3.63) is 30.3 Å². The maximum absolute atomic E-state index is 8.55. The average Bonchev–Trinajstić information content (AvgIpc) is 2.29. The van der Waals surface area contributed by atoms with E-state index in [9.17, 15) is 0 Å². The van der Waals surface area contributed by atoms with E-state index in [0.717, 1.165) is 18.8 Å². The number of ether oxygens (including phenoxy) is 1. The van der Waals surface area contributed by atoms with E-state index in [2.05, 4.69) is 6.07 Å². The SMILES string of the molecule is CCN(CC#N)CCOc1ccccc1. The second kappa shape index (κ2) is 6.86. The van der Waals surface area contributed by atoms with Crippen molar-refractivity contribution < 1.29 is 4.74 Å². The van der Waals surface area contributed by atoms with Crippen molar-refractivity contribution in [3.8, 4) is 11.8 Å². The van der Waals surface area contributed by atoms with Crippen LogP contribution in [0.2, 0.25) is 0 Å². The molecule has 0 unspecified atom stereocenters. The molecule has 0 N–H and O–H groups in total. The number of para-hydroxylation sites is 1. The van der Waals surface area contributed by atoms with Gasteiger partial charge >= 0.3 is 0 Å². The summed E-state index contributed by atoms with van der Waals surface area (Å²) in [7, 11) is 0. The Bertz CT molecular complexity index is 305. The Morgan fingerprint density at radius 2 is 2.07 bits per heavy atom. The minimum absolute atomic E-state index is 0.467. The zero-order valence-corrected chi connectivity index (χ0v) is 9.02. The molecule has 0 amide bonds. The van der Waals surface area contributed by atoms with Gasteiger partial charge in [-0.3, -0.25) is 4.90 Å². The lowest BCUT2D eigenvalue weighted by Gasteiger charge is -2.16. The van der Waals surface area contributed by atoms with Crippen LogP contribution in [0.1, 0.15) is 6.92 Å². The van der Waals surface area contributed by atoms with Crippen molar-refractivity contribution in [2.75, 3.05) is 26.2 Å². The van der Waals surface area contributed by atoms with E-state index in [-0.39, 0.29) is 0 Å². The summed E-state index contributed by atoms with van der Waals surface area (Å²) < 4.78 is 5.53. The molecule has 0 bridgehead atoms. The number of rotatable bonds is 6. The maximum atomic E-state index is 8.55. The van der Waals surface area contributed by atoms with Crippen LogP contribution >= 0.6 is 0 Å². The first kappa shape index (κ1) is 11.5. The molecule has 0 aliphatic carbocycles. The first-order valence-electron chi connectivity index (χ1n) is 5.14. The summed E-state index contributed by atoms with van der Waals surface area (Å²) in [4.78, 5) is 2.04. The van der Waals surface area contributed by atoms with Gasteiger partial charge in [0.05, 0.1) is 12.6 Å². The summed E-state index contributed by atoms with van der Waals surface area (Å²) in [5, 5.41) is 8.55. The van der Waals surface area contributed by atoms with Crippen molar-refractivity contribution in [1.29, 1.82) is 5.26 Å². The van der Waals surface area contributed by atoms with Crippen LogP contribution in [0.15, 0.2) is 30.3 Å². The van der Waals surface area contributed by atoms with Crippen LogP contribution in [0.4, 0.5) is 0 Å². The van der Waals surface area contributed by atoms with Crippen molar-refractivity contribution in [2.45, 2.75) is 6.92 Å². The standard InChI is InChI=1S/C12H16N2O/c1-2-14(9-8-13)10-11-15-12-6-4-3-5-7-12/h3-7H,2,9-11H2,1H3. The third kappa shape index (κ3) is 4.48. The predicted octanol–water partition coefficient (Wildman–Crippen LogP) is 1.91. The third-order valence-electron chi connectivity index (χ3n) is 2.16. The van der Waals surface area contributed by atoms with Crippen molar-refractivity contribution in [2.24, 2.45) is 0 Å². The predicted molar refractivity (Wildman–Crippen MR) is 59.7 cm³/mol. The summed E-state index contributed by atoms with van der Waals surface area (Å²) in [6.45, 7) is 4.80. The van der Waals surface area contributed by atoms with Gasteiger partial charge in [0.25, 0.3) is 0 Å². The lowest BCUT2D eigenvalue weighted by atomic mass is 10.3. The molecule has 0 spiro atoms. The van der Waals surface area contributed by atoms with Crippen LogP contribution in [0.5, 0.6) is 5.75 Å². The van der Waals surface area contributed by atoms with Crippen molar-refractivity contribution in [1.82, 2.24) is 4.90 Å². The lowest BCUT2D eigenvalue weighted by molar-refractivity contribution is 0.231. The van der Waals surface area contributed by atoms with Crippen LogP contribution in [0, 0.1) is 11.3 Å². The molecule has 0 atom stereocenters. The molecule has 0 aliphatic rings. The van der Waals surface area contributed by atoms with Crippen LogP contribution < -0.4 is 4.74 Å². The molecule has 1 rings (SSSR count). The molecule has 0 radical (unpaired) electrons. The summed E-state index contributed by atoms with van der Waals surface area (Å²) in [6, 6.07) is 11.9. The molecular weight excluding hydrogens is 188 g/mol. The van der Waals surface area contributed by atoms with E-state index in [1.54, 1.807) is 0 Å². The van der Waals surface area contributed by atoms with E-state index in [1.807, 2.05) is 42.2 Å². The molecule has 80 valence electrons. The molecule has 0 saturated heterocycles. The molecule has 0 heterocycles. The molecule has 15 heavy (non-hydrogen) atoms. The summed E-state index contributed by atoms with van der Waals surface area (Å²) >= 11 is 0. The Morgan fingerprint density at radius 1 is 1.33 bits per heavy atom. The zero-order chi connectivity index (χ0) is 10.9. The molecule has 1 aromatic rings. The third-order valence-corrected chi connectivity index (χ3v) is 2.16. The van der Waals surface area contributed by atoms with Gasteiger partial charge in [0.2, 0.25) is 0 Å². The first-order chi connectivity index (χ1) is 7.36. The van der Waals surface area contributed by atoms with E-state index in [0.29, 0.717) is 13.2 Å². The number of nitrogens with zero attached hydrogens (tertiary/aromatic N) is 2. The van der Waals surface area contributed by atoms with Crippen LogP contribution in [-0.4, -0.2) is 31.1 Å². The smallest absolute Gasteiger partial charge is 0.119 e. The van der Waals surface area contributed by atoms with Gasteiger partial charge < -0.3 is 4.74 Å². The van der Waals surface area contributed by atoms with Crippen molar-refractivity contribution >= 4 is 0 Å². The second-order valence-electron chi connectivity index (χ2n) is 3.19. The number of likely N-dealkylation sites (N-methyl/N-ethyl adjacent to an activating group) is 1. The molecule has 0 saturated carbocycles. The van der Waals surface area contributed by atoms with Crippen LogP contribution in [0.3, 0.4) is 0 Å². The van der Waals surface area contributed by atoms with E-state index in [4.69, 9.17) is 10.00 Å². The largest absolute Gasteiger partial charge is 0.492 e. The fourth-order valence-corrected chi connectivity index (χ4v) is 1.26. The molecule has 3 nitrogen and oxygen atoms in total. The van der Waals surface area contributed by atoms with E-state index in [1.165, 1.54) is 0 Å². The second-order valence-corrected chi connectivity index (χ2v) is 3.19. The Morgan fingerprint density at radius 3 is 2.67 bits per heavy atom. The number of nitriles is 1. The topological polar surface area (TPSA) is 36.3 Å². The Kier molecular flexibility index (Phi) is 5.28. The van der Waals surface area contributed by atoms with Gasteiger partial charge in [-0.05, 0) is 18.7 Å². The quantitative estimate of drug-likeness (QED) is 0.664. The first-order valence-corrected chi connectivity index (χ1v) is 5.14. The van der Waals surface area contributed by atoms with Gasteiger partial charge in [0.1, 0.15) is 12.4 Å². The Labute approximate surface area is 90.9 Å². The fraction of sp³-hybridized carbons (Fsp3) is 0.417. The molecule has 0 aromatic heterocycles. The van der Waals surface area contributed by atoms with Crippen molar-refractivity contribution in [3.63, 3.8) is 0 Å². The summed E-state index contributed by atoms with van der Waals surface area (Å²) in [5.41, 5.74) is 0. The molecule has 3 heteroatoms. The zero-order valence-electron chi connectivity index (χ0n) is 9.02. The number of hydrogen-bond acceptors (Lipinski definition) is 3. The highest BCUT2D eigenvalue weighted by atomic mass is 16.5. The molecule has 0 fully saturated rings. The average molecular weight is 204 g/mol. The van der Waals surface area contributed by atoms with Gasteiger partial charge in [-0.25, -0.2) is 0 Å². The molecular formula is C12H16N2O. The Hall–Kier alpha value is -1.53. The summed E-state index contributed by atoms with van der Waals surface area (Å²) in [6.07, 6.45) is 0. The maximum Gasteiger partial charge on any atom is 0.119 e. The lowest BCUT2D eigenvalue weighted by Crippen LogP contribution is -2.28. The molecule has 1 aromatic carbocycles. The monoisotopic (exact) mass is 204 g/mol. The van der Waals surface area contributed by atoms with Gasteiger partial charge in [-0.2, -0.15) is 5.26 Å². The normalized spacial score (nSPS) is 9.93. The van der Waals surface area contributed by atoms with E-state index >= 15 is 0 Å². The highest BCUT2D eigenvalue weighted by Crippen LogP contribution is 2.07. The van der Waals surface area contributed by atoms with Crippen LogP contribution in [0.25, 0.3) is 0 Å². The highest BCUT2D eigenvalue weighted by molar-refractivity contribution is 5.20. The van der Waals surface area contributed by atoms with Gasteiger partial charge in [0.15, 0.2) is 0 Å². The minimum atomic E-state index is 0.467.